The number of hydrogen-bond acceptors (Lipinski definition) is 1. The van der Waals surface area contributed by atoms with E-state index >= 15 is 0 Å². The van der Waals surface area contributed by atoms with Gasteiger partial charge in [0.1, 0.15) is 0 Å². The van der Waals surface area contributed by atoms with Crippen LogP contribution >= 0.6 is 11.8 Å². The van der Waals surface area contributed by atoms with Crippen LogP contribution < -0.4 is 0 Å². The van der Waals surface area contributed by atoms with Crippen LogP contribution in [-0.4, -0.2) is 31.0 Å². The Morgan fingerprint density at radius 1 is 1.80 bits per heavy atom. The Kier molecular flexibility index (Phi) is 6.31. The zero-order valence-corrected chi connectivity index (χ0v) is 6.67. The van der Waals surface area contributed by atoms with Crippen molar-refractivity contribution in [1.82, 2.24) is 0 Å². The van der Waals surface area contributed by atoms with Crippen LogP contribution in [0.4, 0.5) is 0 Å². The molecule has 0 rings (SSSR count). The number of rotatable bonds is 2. The van der Waals surface area contributed by atoms with Crippen LogP contribution in [0.1, 0.15) is 0 Å². The fourth-order valence-electron chi connectivity index (χ4n) is 0.118. The molecule has 2 heteroatoms. The molecule has 0 N–H and O–H groups in total. The molecule has 0 saturated heterocycles. The average molecular weight is 204 g/mol. The van der Waals surface area contributed by atoms with Crippen LogP contribution in [0.5, 0.6) is 0 Å². The summed E-state index contributed by atoms with van der Waals surface area (Å²) >= 11 is 2.40. The Hall–Kier alpha value is 1.14. The van der Waals surface area contributed by atoms with Crippen molar-refractivity contribution in [3.05, 3.63) is 0 Å². The van der Waals surface area contributed by atoms with Gasteiger partial charge >= 0.3 is 47.7 Å². The summed E-state index contributed by atoms with van der Waals surface area (Å²) < 4.78 is 1.44. The van der Waals surface area contributed by atoms with Gasteiger partial charge in [-0.05, 0) is 0 Å². The molecular formula is C3H8STe. The summed E-state index contributed by atoms with van der Waals surface area (Å²) in [5.41, 5.74) is 0. The summed E-state index contributed by atoms with van der Waals surface area (Å²) in [5.74, 6) is 0. The van der Waals surface area contributed by atoms with Crippen molar-refractivity contribution < 1.29 is 0 Å². The molecule has 0 aromatic heterocycles. The van der Waals surface area contributed by atoms with Gasteiger partial charge in [-0.25, -0.2) is 0 Å². The van der Waals surface area contributed by atoms with Gasteiger partial charge < -0.3 is 0 Å². The third kappa shape index (κ3) is 5.14. The molecule has 0 radical (unpaired) electrons. The van der Waals surface area contributed by atoms with Crippen molar-refractivity contribution in [2.24, 2.45) is 0 Å². The quantitative estimate of drug-likeness (QED) is 0.605. The van der Waals surface area contributed by atoms with Crippen LogP contribution in [0.25, 0.3) is 0 Å². The molecule has 0 aliphatic rings. The molecule has 0 unspecified atom stereocenters. The van der Waals surface area contributed by atoms with Crippen LogP contribution in [0.3, 0.4) is 0 Å². The maximum atomic E-state index is 2.32. The molecule has 0 atom stereocenters. The fourth-order valence-corrected chi connectivity index (χ4v) is 2.37. The predicted octanol–water partition coefficient (Wildman–Crippen LogP) is 1.06. The van der Waals surface area contributed by atoms with Crippen LogP contribution in [0.2, 0.25) is 4.97 Å². The SMILES string of the molecule is CSC[Te]C. The monoisotopic (exact) mass is 206 g/mol. The second-order valence-electron chi connectivity index (χ2n) is 0.695. The summed E-state index contributed by atoms with van der Waals surface area (Å²) in [4.78, 5) is 2.32. The predicted molar refractivity (Wildman–Crippen MR) is 30.0 cm³/mol. The molecule has 0 fully saturated rings. The first kappa shape index (κ1) is 6.14. The molecule has 0 heterocycles. The van der Waals surface area contributed by atoms with E-state index in [-0.39, 0.29) is 0 Å². The Labute approximate surface area is 47.8 Å². The van der Waals surface area contributed by atoms with E-state index in [9.17, 15) is 0 Å². The molecule has 32 valence electrons. The third-order valence-corrected chi connectivity index (χ3v) is 4.74. The van der Waals surface area contributed by atoms with E-state index in [0.29, 0.717) is 20.9 Å². The van der Waals surface area contributed by atoms with Crippen LogP contribution in [0, 0.1) is 0 Å². The van der Waals surface area contributed by atoms with E-state index in [4.69, 9.17) is 0 Å². The Bertz CT molecular complexity index is 14.4. The van der Waals surface area contributed by atoms with E-state index < -0.39 is 0 Å². The number of hydrogen-bond donors (Lipinski definition) is 0. The van der Waals surface area contributed by atoms with Gasteiger partial charge in [0.15, 0.2) is 0 Å². The van der Waals surface area contributed by atoms with Crippen molar-refractivity contribution in [2.45, 2.75) is 4.97 Å². The third-order valence-electron chi connectivity index (χ3n) is 0.236. The van der Waals surface area contributed by atoms with Gasteiger partial charge in [0.05, 0.1) is 0 Å². The molecule has 0 saturated carbocycles. The zero-order chi connectivity index (χ0) is 4.12. The van der Waals surface area contributed by atoms with Crippen LogP contribution in [0.15, 0.2) is 0 Å². The van der Waals surface area contributed by atoms with Crippen molar-refractivity contribution >= 4 is 32.7 Å². The Morgan fingerprint density at radius 3 is 2.40 bits per heavy atom. The Balaban J connectivity index is 2.19. The molecular weight excluding hydrogens is 196 g/mol. The molecule has 0 amide bonds. The van der Waals surface area contributed by atoms with E-state index in [2.05, 4.69) is 11.2 Å². The summed E-state index contributed by atoms with van der Waals surface area (Å²) in [5, 5.41) is 0. The Morgan fingerprint density at radius 2 is 2.40 bits per heavy atom. The summed E-state index contributed by atoms with van der Waals surface area (Å²) in [7, 11) is 0. The standard InChI is InChI=1S/C3H8STe/c1-4-3-5-2/h3H2,1-2H3. The summed E-state index contributed by atoms with van der Waals surface area (Å²) in [6.07, 6.45) is 2.16. The van der Waals surface area contributed by atoms with Gasteiger partial charge in [0, 0.05) is 0 Å². The summed E-state index contributed by atoms with van der Waals surface area (Å²) in [6.45, 7) is 0. The first-order valence-electron chi connectivity index (χ1n) is 1.39. The van der Waals surface area contributed by atoms with Gasteiger partial charge in [-0.3, -0.25) is 0 Å². The first-order valence-corrected chi connectivity index (χ1v) is 6.77. The second-order valence-corrected chi connectivity index (χ2v) is 5.17. The zero-order valence-electron chi connectivity index (χ0n) is 3.52. The van der Waals surface area contributed by atoms with Crippen molar-refractivity contribution in [2.75, 3.05) is 10.1 Å². The van der Waals surface area contributed by atoms with E-state index in [1.165, 1.54) is 3.80 Å². The van der Waals surface area contributed by atoms with Gasteiger partial charge in [0.2, 0.25) is 0 Å². The minimum atomic E-state index is 0.436. The fraction of sp³-hybridized carbons (Fsp3) is 1.00. The van der Waals surface area contributed by atoms with Gasteiger partial charge in [-0.1, -0.05) is 0 Å². The molecule has 0 bridgehead atoms. The minimum absolute atomic E-state index is 0.436. The molecule has 5 heavy (non-hydrogen) atoms. The topological polar surface area (TPSA) is 0 Å². The number of thioether (sulfide) groups is 1. The van der Waals surface area contributed by atoms with Crippen molar-refractivity contribution in [1.29, 1.82) is 0 Å². The molecule has 0 aliphatic heterocycles. The molecule has 0 aromatic carbocycles. The van der Waals surface area contributed by atoms with Crippen molar-refractivity contribution in [3.63, 3.8) is 0 Å². The first-order chi connectivity index (χ1) is 2.41. The van der Waals surface area contributed by atoms with Gasteiger partial charge in [-0.15, -0.1) is 0 Å². The molecule has 0 aromatic rings. The average Bonchev–Trinajstić information content (AvgIpc) is 1.41. The summed E-state index contributed by atoms with van der Waals surface area (Å²) in [6, 6.07) is 0. The molecule has 0 spiro atoms. The molecule has 0 aliphatic carbocycles. The second kappa shape index (κ2) is 5.14. The van der Waals surface area contributed by atoms with Crippen molar-refractivity contribution in [3.8, 4) is 0 Å². The van der Waals surface area contributed by atoms with Crippen LogP contribution in [-0.2, 0) is 0 Å². The van der Waals surface area contributed by atoms with E-state index in [1.807, 2.05) is 11.8 Å². The maximum absolute atomic E-state index is 2.32. The van der Waals surface area contributed by atoms with Gasteiger partial charge in [-0.2, -0.15) is 0 Å². The normalized spacial score (nSPS) is 8.40. The van der Waals surface area contributed by atoms with Gasteiger partial charge in [0.25, 0.3) is 0 Å². The van der Waals surface area contributed by atoms with E-state index in [0.717, 1.165) is 0 Å². The molecule has 0 nitrogen and oxygen atoms in total. The van der Waals surface area contributed by atoms with E-state index in [1.54, 1.807) is 0 Å².